The van der Waals surface area contributed by atoms with Crippen LogP contribution in [-0.2, 0) is 0 Å². The quantitative estimate of drug-likeness (QED) is 0.149. The van der Waals surface area contributed by atoms with Crippen LogP contribution in [0.3, 0.4) is 0 Å². The second kappa shape index (κ2) is 9.32. The number of hydrogen-bond donors (Lipinski definition) is 1. The van der Waals surface area contributed by atoms with E-state index < -0.39 is 57.8 Å². The smallest absolute Gasteiger partial charge is 0.396 e. The Morgan fingerprint density at radius 3 is 1.35 bits per heavy atom. The molecule has 0 aromatic rings. The van der Waals surface area contributed by atoms with Crippen LogP contribution in [0.1, 0.15) is 25.7 Å². The average Bonchev–Trinajstić information content (AvgIpc) is 2.56. The Kier molecular flexibility index (Phi) is 9.14. The number of allylic oxidation sites excluding steroid dienone is 2. The van der Waals surface area contributed by atoms with Crippen molar-refractivity contribution in [3.05, 3.63) is 9.66 Å². The first kappa shape index (κ1) is 30.4. The molecule has 0 unspecified atom stereocenters. The summed E-state index contributed by atoms with van der Waals surface area (Å²) >= 11 is 0.883. The Morgan fingerprint density at radius 1 is 0.581 bits per heavy atom. The van der Waals surface area contributed by atoms with Gasteiger partial charge >= 0.3 is 41.7 Å². The SMILES string of the molecule is OCCCCCC(I)=CC(F)(F)C(F)(F)C(F)(F)C(F)(F)C(F)(F)C(F)(F)C(F)(F)F. The maximum atomic E-state index is 13.6. The Hall–Kier alpha value is -0.620. The monoisotopic (exact) mass is 608 g/mol. The van der Waals surface area contributed by atoms with E-state index in [2.05, 4.69) is 0 Å². The van der Waals surface area contributed by atoms with Gasteiger partial charge in [-0.3, -0.25) is 0 Å². The van der Waals surface area contributed by atoms with Crippen molar-refractivity contribution in [3.8, 4) is 0 Å². The second-order valence-corrected chi connectivity index (χ2v) is 7.50. The molecule has 0 saturated carbocycles. The fraction of sp³-hybridized carbons (Fsp3) is 0.857. The number of aliphatic hydroxyl groups excluding tert-OH is 1. The van der Waals surface area contributed by atoms with Crippen molar-refractivity contribution in [1.29, 1.82) is 0 Å². The zero-order chi connectivity index (χ0) is 25.3. The predicted octanol–water partition coefficient (Wildman–Crippen LogP) is 7.23. The van der Waals surface area contributed by atoms with Crippen molar-refractivity contribution in [1.82, 2.24) is 0 Å². The molecule has 0 heterocycles. The van der Waals surface area contributed by atoms with Crippen LogP contribution in [0.4, 0.5) is 65.9 Å². The van der Waals surface area contributed by atoms with Crippen LogP contribution in [0.25, 0.3) is 0 Å². The van der Waals surface area contributed by atoms with Gasteiger partial charge in [0.2, 0.25) is 0 Å². The molecule has 1 nitrogen and oxygen atoms in total. The minimum absolute atomic E-state index is 0.0978. The molecule has 0 saturated heterocycles. The molecule has 186 valence electrons. The van der Waals surface area contributed by atoms with Gasteiger partial charge < -0.3 is 5.11 Å². The van der Waals surface area contributed by atoms with Crippen LogP contribution < -0.4 is 0 Å². The van der Waals surface area contributed by atoms with Crippen LogP contribution in [0.15, 0.2) is 9.66 Å². The molecule has 0 rings (SSSR count). The lowest BCUT2D eigenvalue weighted by molar-refractivity contribution is -0.449. The van der Waals surface area contributed by atoms with Gasteiger partial charge in [-0.1, -0.05) is 6.42 Å². The van der Waals surface area contributed by atoms with Crippen molar-refractivity contribution in [2.24, 2.45) is 0 Å². The molecule has 0 aliphatic heterocycles. The fourth-order valence-corrected chi connectivity index (χ4v) is 2.69. The molecule has 0 aliphatic rings. The highest BCUT2D eigenvalue weighted by atomic mass is 127. The van der Waals surface area contributed by atoms with E-state index in [0.717, 1.165) is 22.6 Å². The molecule has 17 heteroatoms. The Balaban J connectivity index is 6.20. The van der Waals surface area contributed by atoms with Crippen LogP contribution in [-0.4, -0.2) is 53.4 Å². The number of rotatable bonds is 11. The number of aliphatic hydroxyl groups is 1. The molecular formula is C14H12F15IO. The zero-order valence-electron chi connectivity index (χ0n) is 14.6. The zero-order valence-corrected chi connectivity index (χ0v) is 16.8. The molecular weight excluding hydrogens is 596 g/mol. The molecule has 0 amide bonds. The van der Waals surface area contributed by atoms with Crippen LogP contribution in [0, 0.1) is 0 Å². The lowest BCUT2D eigenvalue weighted by atomic mass is 9.91. The lowest BCUT2D eigenvalue weighted by Crippen LogP contribution is -2.72. The number of unbranched alkanes of at least 4 members (excludes halogenated alkanes) is 2. The van der Waals surface area contributed by atoms with Crippen molar-refractivity contribution in [2.75, 3.05) is 6.61 Å². The van der Waals surface area contributed by atoms with E-state index in [-0.39, 0.29) is 25.9 Å². The molecule has 1 N–H and O–H groups in total. The number of hydrogen-bond acceptors (Lipinski definition) is 1. The molecule has 31 heavy (non-hydrogen) atoms. The van der Waals surface area contributed by atoms with Crippen molar-refractivity contribution >= 4 is 22.6 Å². The molecule has 0 aromatic carbocycles. The first-order chi connectivity index (χ1) is 13.5. The van der Waals surface area contributed by atoms with Gasteiger partial charge in [-0.05, 0) is 45.4 Å². The van der Waals surface area contributed by atoms with E-state index in [4.69, 9.17) is 5.11 Å². The van der Waals surface area contributed by atoms with Gasteiger partial charge in [0, 0.05) is 12.7 Å². The summed E-state index contributed by atoms with van der Waals surface area (Å²) in [5, 5.41) is 8.49. The molecule has 0 atom stereocenters. The summed E-state index contributed by atoms with van der Waals surface area (Å²) in [6.45, 7) is -0.355. The molecule has 0 aliphatic carbocycles. The van der Waals surface area contributed by atoms with Gasteiger partial charge in [-0.25, -0.2) is 0 Å². The summed E-state index contributed by atoms with van der Waals surface area (Å²) in [6.07, 6.45) is -9.04. The van der Waals surface area contributed by atoms with Crippen LogP contribution >= 0.6 is 22.6 Å². The third kappa shape index (κ3) is 5.31. The van der Waals surface area contributed by atoms with Gasteiger partial charge in [0.25, 0.3) is 0 Å². The maximum Gasteiger partial charge on any atom is 0.460 e. The first-order valence-corrected chi connectivity index (χ1v) is 8.85. The van der Waals surface area contributed by atoms with Gasteiger partial charge in [0.05, 0.1) is 0 Å². The van der Waals surface area contributed by atoms with E-state index in [9.17, 15) is 65.9 Å². The summed E-state index contributed by atoms with van der Waals surface area (Å²) in [5.74, 6) is -46.4. The van der Waals surface area contributed by atoms with Crippen molar-refractivity contribution in [2.45, 2.75) is 67.4 Å². The normalized spacial score (nSPS) is 16.1. The lowest BCUT2D eigenvalue weighted by Gasteiger charge is -2.41. The van der Waals surface area contributed by atoms with Crippen molar-refractivity contribution in [3.63, 3.8) is 0 Å². The van der Waals surface area contributed by atoms with Crippen LogP contribution in [0.2, 0.25) is 0 Å². The summed E-state index contributed by atoms with van der Waals surface area (Å²) in [4.78, 5) is 0. The molecule has 0 fully saturated rings. The third-order valence-electron chi connectivity index (χ3n) is 3.76. The minimum Gasteiger partial charge on any atom is -0.396 e. The highest BCUT2D eigenvalue weighted by molar-refractivity contribution is 14.1. The minimum atomic E-state index is -8.27. The largest absolute Gasteiger partial charge is 0.460 e. The van der Waals surface area contributed by atoms with E-state index in [1.54, 1.807) is 0 Å². The van der Waals surface area contributed by atoms with Gasteiger partial charge in [0.1, 0.15) is 0 Å². The average molecular weight is 608 g/mol. The summed E-state index contributed by atoms with van der Waals surface area (Å²) in [5.41, 5.74) is 0. The predicted molar refractivity (Wildman–Crippen MR) is 83.4 cm³/mol. The highest BCUT2D eigenvalue weighted by Crippen LogP contribution is 2.62. The van der Waals surface area contributed by atoms with E-state index in [0.29, 0.717) is 0 Å². The topological polar surface area (TPSA) is 20.2 Å². The Bertz CT molecular complexity index is 638. The fourth-order valence-electron chi connectivity index (χ4n) is 1.92. The van der Waals surface area contributed by atoms with E-state index in [1.807, 2.05) is 0 Å². The van der Waals surface area contributed by atoms with E-state index >= 15 is 0 Å². The molecule has 0 aromatic heterocycles. The summed E-state index contributed by atoms with van der Waals surface area (Å²) < 4.78 is 194. The first-order valence-electron chi connectivity index (χ1n) is 7.77. The van der Waals surface area contributed by atoms with Gasteiger partial charge in [0.15, 0.2) is 0 Å². The highest BCUT2D eigenvalue weighted by Gasteiger charge is 2.93. The summed E-state index contributed by atoms with van der Waals surface area (Å²) in [7, 11) is 0. The number of halogens is 16. The second-order valence-electron chi connectivity index (χ2n) is 6.12. The number of alkyl halides is 15. The molecule has 0 bridgehead atoms. The molecule has 0 spiro atoms. The van der Waals surface area contributed by atoms with Gasteiger partial charge in [-0.2, -0.15) is 65.9 Å². The standard InChI is InChI=1S/C14H12F15IO/c15-8(16,6-7(30)4-2-1-3-5-31)9(17,18)10(19,20)11(21,22)12(23,24)13(25,26)14(27,28)29/h6,31H,1-5H2. The van der Waals surface area contributed by atoms with Crippen LogP contribution in [0.5, 0.6) is 0 Å². The van der Waals surface area contributed by atoms with E-state index in [1.165, 1.54) is 0 Å². The summed E-state index contributed by atoms with van der Waals surface area (Å²) in [6, 6.07) is 0. The van der Waals surface area contributed by atoms with Gasteiger partial charge in [-0.15, -0.1) is 0 Å². The molecule has 0 radical (unpaired) electrons. The third-order valence-corrected chi connectivity index (χ3v) is 4.61. The maximum absolute atomic E-state index is 13.6. The Labute approximate surface area is 177 Å². The van der Waals surface area contributed by atoms with Crippen molar-refractivity contribution < 1.29 is 71.0 Å². The Morgan fingerprint density at radius 2 is 0.968 bits per heavy atom.